The van der Waals surface area contributed by atoms with Crippen LogP contribution in [-0.2, 0) is 33.1 Å². The summed E-state index contributed by atoms with van der Waals surface area (Å²) >= 11 is 0. The third-order valence-corrected chi connectivity index (χ3v) is 6.09. The minimum atomic E-state index is -4.66. The molecule has 0 aliphatic heterocycles. The van der Waals surface area contributed by atoms with Crippen molar-refractivity contribution in [1.29, 1.82) is 0 Å². The first kappa shape index (κ1) is 29.8. The number of hydrogen-bond donors (Lipinski definition) is 1. The Hall–Kier alpha value is -1.28. The number of ether oxygens (including phenoxy) is 3. The molecule has 0 bridgehead atoms. The number of benzene rings is 2. The summed E-state index contributed by atoms with van der Waals surface area (Å²) in [4.78, 5) is 0. The number of aromatic hydroxyl groups is 1. The van der Waals surface area contributed by atoms with E-state index in [-0.39, 0.29) is 73.6 Å². The van der Waals surface area contributed by atoms with Crippen LogP contribution in [0.25, 0.3) is 0 Å². The van der Waals surface area contributed by atoms with Crippen LogP contribution in [0.3, 0.4) is 0 Å². The SMILES string of the molecule is COc1cc(CCCS(=O)(=O)[O-])ccc1O[C@@H](Cc1cccc(OC)c1O)CS(=O)(=O)[O-].[Ca+2]. The standard InChI is InChI=1S/C20H26O10S2.Ca/c1-28-18-7-3-6-15(20(18)21)12-16(13-32(25,26)27)30-17-9-8-14(11-19(17)29-2)5-4-10-31(22,23)24;/h3,6-9,11,16,21H,4-5,10,12-13H2,1-2H3,(H,22,23,24)(H,25,26,27);/q;+2/p-2/t16-;/m0./s1. The molecular formula is C20H24CaO10S2. The van der Waals surface area contributed by atoms with Crippen LogP contribution in [0.1, 0.15) is 17.5 Å². The van der Waals surface area contributed by atoms with E-state index in [1.165, 1.54) is 26.4 Å². The Balaban J connectivity index is 0.00000544. The third-order valence-electron chi connectivity index (χ3n) is 4.52. The summed E-state index contributed by atoms with van der Waals surface area (Å²) in [7, 11) is -6.24. The molecule has 33 heavy (non-hydrogen) atoms. The third kappa shape index (κ3) is 10.2. The van der Waals surface area contributed by atoms with Gasteiger partial charge in [0.2, 0.25) is 0 Å². The molecule has 2 rings (SSSR count). The number of rotatable bonds is 12. The Labute approximate surface area is 223 Å². The maximum atomic E-state index is 11.4. The van der Waals surface area contributed by atoms with Crippen LogP contribution in [0.15, 0.2) is 36.4 Å². The number of phenolic OH excluding ortho intramolecular Hbond substituents is 1. The Morgan fingerprint density at radius 2 is 1.61 bits per heavy atom. The summed E-state index contributed by atoms with van der Waals surface area (Å²) < 4.78 is 82.5. The van der Waals surface area contributed by atoms with Crippen molar-refractivity contribution in [3.63, 3.8) is 0 Å². The average Bonchev–Trinajstić information content (AvgIpc) is 2.68. The van der Waals surface area contributed by atoms with Gasteiger partial charge in [-0.25, -0.2) is 16.8 Å². The van der Waals surface area contributed by atoms with Crippen molar-refractivity contribution in [2.45, 2.75) is 25.4 Å². The minimum absolute atomic E-state index is 0. The van der Waals surface area contributed by atoms with Gasteiger partial charge in [0.1, 0.15) is 6.10 Å². The van der Waals surface area contributed by atoms with Crippen molar-refractivity contribution < 1.29 is 45.3 Å². The van der Waals surface area contributed by atoms with E-state index in [9.17, 15) is 31.0 Å². The van der Waals surface area contributed by atoms with E-state index in [0.29, 0.717) is 17.5 Å². The maximum Gasteiger partial charge on any atom is 2.00 e. The molecule has 178 valence electrons. The quantitative estimate of drug-likeness (QED) is 0.311. The van der Waals surface area contributed by atoms with Crippen molar-refractivity contribution in [2.24, 2.45) is 0 Å². The second kappa shape index (κ2) is 13.0. The molecule has 0 heterocycles. The zero-order chi connectivity index (χ0) is 23.9. The number of phenols is 1. The molecule has 0 unspecified atom stereocenters. The Kier molecular flexibility index (Phi) is 11.7. The van der Waals surface area contributed by atoms with E-state index in [1.54, 1.807) is 24.3 Å². The molecule has 0 saturated carbocycles. The smallest absolute Gasteiger partial charge is 0.748 e. The van der Waals surface area contributed by atoms with Crippen LogP contribution in [0, 0.1) is 0 Å². The Morgan fingerprint density at radius 3 is 2.18 bits per heavy atom. The first-order chi connectivity index (χ1) is 14.9. The topological polar surface area (TPSA) is 162 Å². The van der Waals surface area contributed by atoms with Gasteiger partial charge < -0.3 is 28.4 Å². The monoisotopic (exact) mass is 528 g/mol. The van der Waals surface area contributed by atoms with Gasteiger partial charge in [0, 0.05) is 17.7 Å². The molecule has 1 atom stereocenters. The van der Waals surface area contributed by atoms with E-state index in [0.717, 1.165) is 0 Å². The van der Waals surface area contributed by atoms with E-state index < -0.39 is 37.8 Å². The number of aryl methyl sites for hydroxylation is 1. The molecular weight excluding hydrogens is 504 g/mol. The van der Waals surface area contributed by atoms with Gasteiger partial charge in [0.25, 0.3) is 0 Å². The van der Waals surface area contributed by atoms with Crippen molar-refractivity contribution in [2.75, 3.05) is 25.7 Å². The zero-order valence-corrected chi connectivity index (χ0v) is 22.1. The van der Waals surface area contributed by atoms with Gasteiger partial charge in [0.15, 0.2) is 23.0 Å². The van der Waals surface area contributed by atoms with Crippen LogP contribution in [0.4, 0.5) is 0 Å². The molecule has 13 heteroatoms. The molecule has 0 saturated heterocycles. The van der Waals surface area contributed by atoms with E-state index in [4.69, 9.17) is 14.2 Å². The van der Waals surface area contributed by atoms with E-state index in [1.807, 2.05) is 0 Å². The fraction of sp³-hybridized carbons (Fsp3) is 0.400. The summed E-state index contributed by atoms with van der Waals surface area (Å²) in [6.45, 7) is 0. The summed E-state index contributed by atoms with van der Waals surface area (Å²) in [5, 5.41) is 10.3. The van der Waals surface area contributed by atoms with E-state index in [2.05, 4.69) is 0 Å². The zero-order valence-electron chi connectivity index (χ0n) is 18.2. The van der Waals surface area contributed by atoms with Crippen molar-refractivity contribution >= 4 is 58.0 Å². The van der Waals surface area contributed by atoms with Gasteiger partial charge in [-0.15, -0.1) is 0 Å². The Morgan fingerprint density at radius 1 is 0.939 bits per heavy atom. The van der Waals surface area contributed by atoms with Gasteiger partial charge in [0.05, 0.1) is 40.2 Å². The maximum absolute atomic E-state index is 11.4. The normalized spacial score (nSPS) is 12.5. The predicted octanol–water partition coefficient (Wildman–Crippen LogP) is 1.04. The number of hydrogen-bond acceptors (Lipinski definition) is 10. The molecule has 0 fully saturated rings. The fourth-order valence-electron chi connectivity index (χ4n) is 3.10. The Bertz CT molecular complexity index is 1130. The molecule has 0 aliphatic carbocycles. The van der Waals surface area contributed by atoms with Crippen molar-refractivity contribution in [3.8, 4) is 23.0 Å². The van der Waals surface area contributed by atoms with Crippen LogP contribution >= 0.6 is 0 Å². The summed E-state index contributed by atoms with van der Waals surface area (Å²) in [5.41, 5.74) is 1.00. The van der Waals surface area contributed by atoms with Gasteiger partial charge in [-0.3, -0.25) is 0 Å². The molecule has 0 amide bonds. The van der Waals surface area contributed by atoms with Crippen molar-refractivity contribution in [3.05, 3.63) is 47.5 Å². The van der Waals surface area contributed by atoms with Crippen molar-refractivity contribution in [1.82, 2.24) is 0 Å². The summed E-state index contributed by atoms with van der Waals surface area (Å²) in [5.74, 6) is -0.966. The van der Waals surface area contributed by atoms with Crippen LogP contribution in [-0.4, -0.2) is 101 Å². The molecule has 0 spiro atoms. The van der Waals surface area contributed by atoms with Crippen LogP contribution in [0.2, 0.25) is 0 Å². The predicted molar refractivity (Wildman–Crippen MR) is 119 cm³/mol. The molecule has 0 aliphatic rings. The largest absolute Gasteiger partial charge is 2.00 e. The molecule has 2 aromatic rings. The molecule has 0 radical (unpaired) electrons. The minimum Gasteiger partial charge on any atom is -0.748 e. The fourth-order valence-corrected chi connectivity index (χ4v) is 4.24. The van der Waals surface area contributed by atoms with Gasteiger partial charge in [-0.2, -0.15) is 0 Å². The van der Waals surface area contributed by atoms with Crippen LogP contribution < -0.4 is 14.2 Å². The first-order valence-electron chi connectivity index (χ1n) is 9.47. The number of para-hydroxylation sites is 1. The van der Waals surface area contributed by atoms with Gasteiger partial charge in [-0.1, -0.05) is 18.2 Å². The van der Waals surface area contributed by atoms with Gasteiger partial charge in [-0.05, 0) is 36.6 Å². The van der Waals surface area contributed by atoms with Gasteiger partial charge >= 0.3 is 37.7 Å². The second-order valence-electron chi connectivity index (χ2n) is 6.99. The average molecular weight is 529 g/mol. The van der Waals surface area contributed by atoms with E-state index >= 15 is 0 Å². The molecule has 2 aromatic carbocycles. The summed E-state index contributed by atoms with van der Waals surface area (Å²) in [6.07, 6.45) is -0.812. The first-order valence-corrected chi connectivity index (χ1v) is 12.6. The van der Waals surface area contributed by atoms with Crippen LogP contribution in [0.5, 0.6) is 23.0 Å². The molecule has 1 N–H and O–H groups in total. The number of methoxy groups -OCH3 is 2. The second-order valence-corrected chi connectivity index (χ2v) is 9.96. The molecule has 10 nitrogen and oxygen atoms in total. The molecule has 0 aromatic heterocycles. The summed E-state index contributed by atoms with van der Waals surface area (Å²) in [6, 6.07) is 9.36.